The van der Waals surface area contributed by atoms with Crippen LogP contribution in [-0.4, -0.2) is 69.8 Å². The van der Waals surface area contributed by atoms with Gasteiger partial charge in [-0.25, -0.2) is 8.78 Å². The van der Waals surface area contributed by atoms with Crippen molar-refractivity contribution in [3.8, 4) is 17.3 Å². The van der Waals surface area contributed by atoms with Crippen LogP contribution in [0.15, 0.2) is 42.6 Å². The van der Waals surface area contributed by atoms with E-state index in [0.29, 0.717) is 39.6 Å². The molecule has 0 aliphatic carbocycles. The minimum absolute atomic E-state index is 0.0188. The van der Waals surface area contributed by atoms with Gasteiger partial charge in [-0.05, 0) is 70.0 Å². The second kappa shape index (κ2) is 9.56. The summed E-state index contributed by atoms with van der Waals surface area (Å²) in [5, 5.41) is 5.25. The van der Waals surface area contributed by atoms with Crippen molar-refractivity contribution in [3.05, 3.63) is 54.2 Å². The number of aromatic nitrogens is 3. The summed E-state index contributed by atoms with van der Waals surface area (Å²) in [5.41, 5.74) is 0.625. The van der Waals surface area contributed by atoms with Crippen molar-refractivity contribution < 1.29 is 13.5 Å². The highest BCUT2D eigenvalue weighted by Gasteiger charge is 2.49. The monoisotopic (exact) mass is 556 g/mol. The van der Waals surface area contributed by atoms with E-state index in [4.69, 9.17) is 14.7 Å². The molecule has 4 aromatic rings. The van der Waals surface area contributed by atoms with Gasteiger partial charge in [0.25, 0.3) is 0 Å². The molecule has 4 aliphatic heterocycles. The molecule has 6 heterocycles. The van der Waals surface area contributed by atoms with E-state index in [-0.39, 0.29) is 28.9 Å². The van der Waals surface area contributed by atoms with Gasteiger partial charge in [-0.2, -0.15) is 9.97 Å². The number of nitrogens with zero attached hydrogens (tertiary/aromatic N) is 5. The molecule has 1 unspecified atom stereocenters. The summed E-state index contributed by atoms with van der Waals surface area (Å²) < 4.78 is 38.2. The minimum Gasteiger partial charge on any atom is -0.458 e. The fourth-order valence-corrected chi connectivity index (χ4v) is 8.05. The number of anilines is 1. The highest BCUT2D eigenvalue weighted by Crippen LogP contribution is 2.43. The third-order valence-electron chi connectivity index (χ3n) is 10.0. The van der Waals surface area contributed by atoms with Crippen LogP contribution in [0.5, 0.6) is 6.01 Å². The minimum atomic E-state index is -0.584. The first-order chi connectivity index (χ1) is 20.0. The Bertz CT molecular complexity index is 1640. The van der Waals surface area contributed by atoms with E-state index < -0.39 is 11.6 Å². The Kier molecular flexibility index (Phi) is 5.90. The number of hydrogen-bond acceptors (Lipinski definition) is 7. The summed E-state index contributed by atoms with van der Waals surface area (Å²) in [4.78, 5) is 19.0. The second-order valence-electron chi connectivity index (χ2n) is 12.3. The average molecular weight is 557 g/mol. The molecule has 3 atom stereocenters. The standard InChI is InChI=1S/C32H34F2N6O/c1-19(32-12-4-14-40(32)15-5-13-32)41-31-37-29-24(30(38-31)39-17-21-10-11-22(18-39)36-21)16-35-28(27(29)34)23-8-2-6-20-7-3-9-25(33)26(20)23/h2-3,6-9,16,19,21-22,36H,4-5,10-15,17-18H2,1H3/t19?,21-,22+. The molecule has 212 valence electrons. The van der Waals surface area contributed by atoms with Crippen LogP contribution in [0, 0.1) is 11.6 Å². The molecule has 2 bridgehead atoms. The molecular weight excluding hydrogens is 522 g/mol. The number of pyridine rings is 1. The lowest BCUT2D eigenvalue weighted by Crippen LogP contribution is -2.51. The zero-order chi connectivity index (χ0) is 27.7. The quantitative estimate of drug-likeness (QED) is 0.350. The van der Waals surface area contributed by atoms with Crippen LogP contribution in [0.2, 0.25) is 0 Å². The van der Waals surface area contributed by atoms with Gasteiger partial charge in [0.2, 0.25) is 0 Å². The lowest BCUT2D eigenvalue weighted by atomic mass is 9.88. The van der Waals surface area contributed by atoms with Gasteiger partial charge < -0.3 is 15.0 Å². The van der Waals surface area contributed by atoms with E-state index >= 15 is 8.78 Å². The number of nitrogens with one attached hydrogen (secondary N) is 1. The predicted molar refractivity (Wildman–Crippen MR) is 155 cm³/mol. The van der Waals surface area contributed by atoms with Gasteiger partial charge in [-0.1, -0.05) is 30.3 Å². The molecule has 0 radical (unpaired) electrons. The highest BCUT2D eigenvalue weighted by atomic mass is 19.1. The lowest BCUT2D eigenvalue weighted by molar-refractivity contribution is 0.0407. The number of fused-ring (bicyclic) bond motifs is 5. The van der Waals surface area contributed by atoms with Gasteiger partial charge >= 0.3 is 6.01 Å². The molecule has 41 heavy (non-hydrogen) atoms. The number of rotatable bonds is 5. The number of halogens is 2. The summed E-state index contributed by atoms with van der Waals surface area (Å²) >= 11 is 0. The highest BCUT2D eigenvalue weighted by molar-refractivity contribution is 5.99. The maximum Gasteiger partial charge on any atom is 0.319 e. The molecule has 9 heteroatoms. The Labute approximate surface area is 237 Å². The molecule has 4 saturated heterocycles. The predicted octanol–water partition coefficient (Wildman–Crippen LogP) is 5.46. The van der Waals surface area contributed by atoms with Crippen molar-refractivity contribution in [3.63, 3.8) is 0 Å². The van der Waals surface area contributed by atoms with Crippen LogP contribution >= 0.6 is 0 Å². The fraction of sp³-hybridized carbons (Fsp3) is 0.469. The van der Waals surface area contributed by atoms with Gasteiger partial charge in [-0.15, -0.1) is 0 Å². The normalized spacial score (nSPS) is 24.3. The zero-order valence-corrected chi connectivity index (χ0v) is 23.2. The largest absolute Gasteiger partial charge is 0.458 e. The molecular formula is C32H34F2N6O. The molecule has 4 fully saturated rings. The third kappa shape index (κ3) is 4.00. The SMILES string of the molecule is CC(Oc1nc(N2C[C@H]3CC[C@@H](C2)N3)c2cnc(-c3cccc4cccc(F)c34)c(F)c2n1)C12CCCN1CCC2. The molecule has 8 rings (SSSR count). The number of hydrogen-bond donors (Lipinski definition) is 1. The third-order valence-corrected chi connectivity index (χ3v) is 10.0. The average Bonchev–Trinajstić information content (AvgIpc) is 3.67. The van der Waals surface area contributed by atoms with E-state index in [0.717, 1.165) is 64.7 Å². The molecule has 1 N–H and O–H groups in total. The molecule has 7 nitrogen and oxygen atoms in total. The Morgan fingerprint density at radius 3 is 2.49 bits per heavy atom. The molecule has 0 spiro atoms. The second-order valence-corrected chi connectivity index (χ2v) is 12.3. The van der Waals surface area contributed by atoms with Crippen LogP contribution in [0.25, 0.3) is 32.9 Å². The van der Waals surface area contributed by atoms with Gasteiger partial charge in [-0.3, -0.25) is 9.88 Å². The van der Waals surface area contributed by atoms with Crippen molar-refractivity contribution >= 4 is 27.5 Å². The van der Waals surface area contributed by atoms with E-state index in [1.54, 1.807) is 24.4 Å². The van der Waals surface area contributed by atoms with E-state index in [9.17, 15) is 0 Å². The maximum atomic E-state index is 16.6. The molecule has 2 aromatic heterocycles. The van der Waals surface area contributed by atoms with Crippen molar-refractivity contribution in [1.82, 2.24) is 25.2 Å². The lowest BCUT2D eigenvalue weighted by Gasteiger charge is -2.37. The van der Waals surface area contributed by atoms with Gasteiger partial charge in [0, 0.05) is 42.3 Å². The molecule has 4 aliphatic rings. The number of piperazine rings is 1. The van der Waals surface area contributed by atoms with Crippen LogP contribution in [0.4, 0.5) is 14.6 Å². The Morgan fingerprint density at radius 1 is 1.00 bits per heavy atom. The summed E-state index contributed by atoms with van der Waals surface area (Å²) in [5.74, 6) is -0.335. The molecule has 0 saturated carbocycles. The van der Waals surface area contributed by atoms with Gasteiger partial charge in [0.05, 0.1) is 10.9 Å². The van der Waals surface area contributed by atoms with Crippen molar-refractivity contribution in [1.29, 1.82) is 0 Å². The maximum absolute atomic E-state index is 16.6. The Morgan fingerprint density at radius 2 is 1.73 bits per heavy atom. The van der Waals surface area contributed by atoms with Crippen molar-refractivity contribution in [2.24, 2.45) is 0 Å². The number of ether oxygens (including phenoxy) is 1. The molecule has 0 amide bonds. The summed E-state index contributed by atoms with van der Waals surface area (Å²) in [6, 6.07) is 11.2. The van der Waals surface area contributed by atoms with Crippen LogP contribution in [-0.2, 0) is 0 Å². The van der Waals surface area contributed by atoms with Crippen molar-refractivity contribution in [2.45, 2.75) is 69.2 Å². The van der Waals surface area contributed by atoms with Crippen LogP contribution < -0.4 is 15.0 Å². The van der Waals surface area contributed by atoms with Crippen molar-refractivity contribution in [2.75, 3.05) is 31.1 Å². The van der Waals surface area contributed by atoms with E-state index in [1.807, 2.05) is 12.1 Å². The van der Waals surface area contributed by atoms with Gasteiger partial charge in [0.1, 0.15) is 28.9 Å². The summed E-state index contributed by atoms with van der Waals surface area (Å²) in [6.07, 6.45) is 8.25. The smallest absolute Gasteiger partial charge is 0.319 e. The van der Waals surface area contributed by atoms with Crippen LogP contribution in [0.1, 0.15) is 45.4 Å². The zero-order valence-electron chi connectivity index (χ0n) is 23.2. The molecule has 2 aromatic carbocycles. The summed E-state index contributed by atoms with van der Waals surface area (Å²) in [6.45, 7) is 5.86. The topological polar surface area (TPSA) is 66.4 Å². The van der Waals surface area contributed by atoms with Gasteiger partial charge in [0.15, 0.2) is 5.82 Å². The first-order valence-corrected chi connectivity index (χ1v) is 15.0. The van der Waals surface area contributed by atoms with E-state index in [2.05, 4.69) is 27.0 Å². The summed E-state index contributed by atoms with van der Waals surface area (Å²) in [7, 11) is 0. The Hall–Kier alpha value is -3.43. The Balaban J connectivity index is 1.27. The van der Waals surface area contributed by atoms with Crippen LogP contribution in [0.3, 0.4) is 0 Å². The number of benzene rings is 2. The first kappa shape index (κ1) is 25.3. The fourth-order valence-electron chi connectivity index (χ4n) is 8.05. The van der Waals surface area contributed by atoms with E-state index in [1.165, 1.54) is 6.07 Å². The first-order valence-electron chi connectivity index (χ1n) is 15.0.